The summed E-state index contributed by atoms with van der Waals surface area (Å²) < 4.78 is 5.66. The minimum absolute atomic E-state index is 0.134. The number of hydrogen-bond acceptors (Lipinski definition) is 3. The lowest BCUT2D eigenvalue weighted by Gasteiger charge is -2.19. The first kappa shape index (κ1) is 12.7. The summed E-state index contributed by atoms with van der Waals surface area (Å²) in [5.74, 6) is 1.22. The number of Topliss-reactive ketones (excluding diaryl/α,β-unsaturated/α-hetero) is 1. The van der Waals surface area contributed by atoms with E-state index >= 15 is 0 Å². The van der Waals surface area contributed by atoms with Crippen molar-refractivity contribution in [2.24, 2.45) is 5.92 Å². The predicted octanol–water partition coefficient (Wildman–Crippen LogP) is 2.80. The SMILES string of the molecule is CC(C)Oc1cccc(C(=O)C2CC3CCC2N3)c1. The average molecular weight is 259 g/mol. The normalized spacial score (nSPS) is 28.9. The molecule has 2 heterocycles. The van der Waals surface area contributed by atoms with Crippen LogP contribution in [0.15, 0.2) is 24.3 Å². The summed E-state index contributed by atoms with van der Waals surface area (Å²) in [6.07, 6.45) is 3.50. The number of benzene rings is 1. The van der Waals surface area contributed by atoms with Crippen molar-refractivity contribution < 1.29 is 9.53 Å². The molecule has 0 spiro atoms. The van der Waals surface area contributed by atoms with Gasteiger partial charge in [-0.25, -0.2) is 0 Å². The second-order valence-electron chi connectivity index (χ2n) is 5.95. The number of fused-ring (bicyclic) bond motifs is 2. The zero-order valence-electron chi connectivity index (χ0n) is 11.6. The Kier molecular flexibility index (Phi) is 3.31. The van der Waals surface area contributed by atoms with Gasteiger partial charge in [0.25, 0.3) is 0 Å². The number of hydrogen-bond donors (Lipinski definition) is 1. The van der Waals surface area contributed by atoms with Gasteiger partial charge in [-0.15, -0.1) is 0 Å². The summed E-state index contributed by atoms with van der Waals surface area (Å²) in [7, 11) is 0. The van der Waals surface area contributed by atoms with Crippen LogP contribution >= 0.6 is 0 Å². The van der Waals surface area contributed by atoms with Crippen molar-refractivity contribution in [2.75, 3.05) is 0 Å². The lowest BCUT2D eigenvalue weighted by Crippen LogP contribution is -2.28. The molecule has 2 aliphatic rings. The quantitative estimate of drug-likeness (QED) is 0.845. The first-order chi connectivity index (χ1) is 9.13. The van der Waals surface area contributed by atoms with Crippen molar-refractivity contribution in [2.45, 2.75) is 51.3 Å². The Morgan fingerprint density at radius 1 is 1.37 bits per heavy atom. The maximum absolute atomic E-state index is 12.6. The summed E-state index contributed by atoms with van der Waals surface area (Å²) in [5.41, 5.74) is 0.789. The first-order valence-electron chi connectivity index (χ1n) is 7.20. The van der Waals surface area contributed by atoms with Gasteiger partial charge in [0, 0.05) is 23.6 Å². The van der Waals surface area contributed by atoms with Gasteiger partial charge < -0.3 is 10.1 Å². The molecule has 3 atom stereocenters. The fraction of sp³-hybridized carbons (Fsp3) is 0.562. The van der Waals surface area contributed by atoms with E-state index in [1.54, 1.807) is 0 Å². The first-order valence-corrected chi connectivity index (χ1v) is 7.20. The molecule has 2 saturated heterocycles. The van der Waals surface area contributed by atoms with Crippen molar-refractivity contribution >= 4 is 5.78 Å². The fourth-order valence-electron chi connectivity index (χ4n) is 3.32. The molecular weight excluding hydrogens is 238 g/mol. The summed E-state index contributed by atoms with van der Waals surface area (Å²) >= 11 is 0. The van der Waals surface area contributed by atoms with Crippen LogP contribution in [-0.4, -0.2) is 24.0 Å². The molecular formula is C16H21NO2. The van der Waals surface area contributed by atoms with E-state index in [0.29, 0.717) is 12.1 Å². The van der Waals surface area contributed by atoms with E-state index in [1.165, 1.54) is 6.42 Å². The van der Waals surface area contributed by atoms with Crippen LogP contribution in [0.25, 0.3) is 0 Å². The summed E-state index contributed by atoms with van der Waals surface area (Å²) in [4.78, 5) is 12.6. The standard InChI is InChI=1S/C16H21NO2/c1-10(2)19-13-5-3-4-11(8-13)16(18)14-9-12-6-7-15(14)17-12/h3-5,8,10,12,14-15,17H,6-7,9H2,1-2H3. The van der Waals surface area contributed by atoms with Gasteiger partial charge in [0.2, 0.25) is 0 Å². The van der Waals surface area contributed by atoms with Crippen LogP contribution in [-0.2, 0) is 0 Å². The number of rotatable bonds is 4. The van der Waals surface area contributed by atoms with Gasteiger partial charge in [0.1, 0.15) is 5.75 Å². The van der Waals surface area contributed by atoms with Crippen molar-refractivity contribution in [1.29, 1.82) is 0 Å². The van der Waals surface area contributed by atoms with E-state index in [-0.39, 0.29) is 17.8 Å². The topological polar surface area (TPSA) is 38.3 Å². The molecule has 3 heteroatoms. The monoisotopic (exact) mass is 259 g/mol. The lowest BCUT2D eigenvalue weighted by atomic mass is 9.84. The molecule has 0 radical (unpaired) electrons. The summed E-state index contributed by atoms with van der Waals surface area (Å²) in [6.45, 7) is 3.99. The van der Waals surface area contributed by atoms with Gasteiger partial charge in [-0.1, -0.05) is 12.1 Å². The number of nitrogens with one attached hydrogen (secondary N) is 1. The van der Waals surface area contributed by atoms with Gasteiger partial charge in [-0.3, -0.25) is 4.79 Å². The highest BCUT2D eigenvalue weighted by Gasteiger charge is 2.42. The van der Waals surface area contributed by atoms with Crippen LogP contribution in [0.1, 0.15) is 43.5 Å². The molecule has 0 aromatic heterocycles. The molecule has 0 amide bonds. The molecule has 3 unspecified atom stereocenters. The Bertz CT molecular complexity index is 483. The summed E-state index contributed by atoms with van der Waals surface area (Å²) in [5, 5.41) is 3.52. The van der Waals surface area contributed by atoms with E-state index in [1.807, 2.05) is 38.1 Å². The third-order valence-corrected chi connectivity index (χ3v) is 4.13. The maximum Gasteiger partial charge on any atom is 0.167 e. The highest BCUT2D eigenvalue weighted by Crippen LogP contribution is 2.35. The predicted molar refractivity (Wildman–Crippen MR) is 74.6 cm³/mol. The van der Waals surface area contributed by atoms with Gasteiger partial charge in [0.15, 0.2) is 5.78 Å². The Labute approximate surface area is 114 Å². The molecule has 0 saturated carbocycles. The molecule has 0 aliphatic carbocycles. The van der Waals surface area contributed by atoms with E-state index in [2.05, 4.69) is 5.32 Å². The van der Waals surface area contributed by atoms with Gasteiger partial charge >= 0.3 is 0 Å². The fourth-order valence-corrected chi connectivity index (χ4v) is 3.32. The van der Waals surface area contributed by atoms with E-state index < -0.39 is 0 Å². The van der Waals surface area contributed by atoms with Crippen LogP contribution in [0.5, 0.6) is 5.75 Å². The summed E-state index contributed by atoms with van der Waals surface area (Å²) in [6, 6.07) is 8.57. The smallest absolute Gasteiger partial charge is 0.167 e. The molecule has 19 heavy (non-hydrogen) atoms. The van der Waals surface area contributed by atoms with Crippen LogP contribution in [0, 0.1) is 5.92 Å². The van der Waals surface area contributed by atoms with Gasteiger partial charge in [-0.05, 0) is 45.2 Å². The lowest BCUT2D eigenvalue weighted by molar-refractivity contribution is 0.0900. The van der Waals surface area contributed by atoms with Crippen LogP contribution in [0.2, 0.25) is 0 Å². The zero-order chi connectivity index (χ0) is 13.4. The van der Waals surface area contributed by atoms with Crippen LogP contribution in [0.4, 0.5) is 0 Å². The number of ether oxygens (including phenoxy) is 1. The molecule has 1 aromatic carbocycles. The second-order valence-corrected chi connectivity index (χ2v) is 5.95. The molecule has 2 fully saturated rings. The highest BCUT2D eigenvalue weighted by molar-refractivity contribution is 5.99. The Hall–Kier alpha value is -1.35. The van der Waals surface area contributed by atoms with E-state index in [9.17, 15) is 4.79 Å². The minimum Gasteiger partial charge on any atom is -0.491 e. The zero-order valence-corrected chi connectivity index (χ0v) is 11.6. The van der Waals surface area contributed by atoms with Crippen molar-refractivity contribution in [3.05, 3.63) is 29.8 Å². The second kappa shape index (κ2) is 4.97. The molecule has 3 rings (SSSR count). The Morgan fingerprint density at radius 2 is 2.21 bits per heavy atom. The molecule has 102 valence electrons. The van der Waals surface area contributed by atoms with Crippen molar-refractivity contribution in [3.63, 3.8) is 0 Å². The average Bonchev–Trinajstić information content (AvgIpc) is 2.99. The number of ketones is 1. The third-order valence-electron chi connectivity index (χ3n) is 4.13. The molecule has 1 N–H and O–H groups in total. The molecule has 1 aromatic rings. The third kappa shape index (κ3) is 2.52. The van der Waals surface area contributed by atoms with Gasteiger partial charge in [0.05, 0.1) is 6.10 Å². The molecule has 3 nitrogen and oxygen atoms in total. The number of carbonyl (C=O) groups is 1. The maximum atomic E-state index is 12.6. The van der Waals surface area contributed by atoms with E-state index in [4.69, 9.17) is 4.74 Å². The molecule has 2 bridgehead atoms. The largest absolute Gasteiger partial charge is 0.491 e. The highest BCUT2D eigenvalue weighted by atomic mass is 16.5. The molecule has 2 aliphatic heterocycles. The van der Waals surface area contributed by atoms with E-state index in [0.717, 1.165) is 24.2 Å². The van der Waals surface area contributed by atoms with Crippen molar-refractivity contribution in [3.8, 4) is 5.75 Å². The van der Waals surface area contributed by atoms with Gasteiger partial charge in [-0.2, -0.15) is 0 Å². The number of carbonyl (C=O) groups excluding carboxylic acids is 1. The van der Waals surface area contributed by atoms with Crippen LogP contribution < -0.4 is 10.1 Å². The van der Waals surface area contributed by atoms with Crippen molar-refractivity contribution in [1.82, 2.24) is 5.32 Å². The Balaban J connectivity index is 1.76. The van der Waals surface area contributed by atoms with Crippen LogP contribution in [0.3, 0.4) is 0 Å². The Morgan fingerprint density at radius 3 is 2.84 bits per heavy atom. The minimum atomic E-state index is 0.134.